The lowest BCUT2D eigenvalue weighted by Crippen LogP contribution is -2.31. The maximum Gasteiger partial charge on any atom is 0.252 e. The predicted molar refractivity (Wildman–Crippen MR) is 65.0 cm³/mol. The van der Waals surface area contributed by atoms with Crippen molar-refractivity contribution in [3.63, 3.8) is 0 Å². The molecule has 1 fully saturated rings. The molecule has 2 rings (SSSR count). The van der Waals surface area contributed by atoms with Crippen LogP contribution in [0.2, 0.25) is 0 Å². The van der Waals surface area contributed by atoms with E-state index in [1.807, 2.05) is 11.4 Å². The van der Waals surface area contributed by atoms with Crippen molar-refractivity contribution in [2.24, 2.45) is 0 Å². The number of aryl methyl sites for hydroxylation is 1. The third-order valence-electron chi connectivity index (χ3n) is 2.78. The lowest BCUT2D eigenvalue weighted by atomic mass is 10.2. The van der Waals surface area contributed by atoms with E-state index >= 15 is 0 Å². The van der Waals surface area contributed by atoms with Gasteiger partial charge in [0.15, 0.2) is 0 Å². The van der Waals surface area contributed by atoms with Gasteiger partial charge in [0.25, 0.3) is 5.91 Å². The molecule has 1 amide bonds. The topological polar surface area (TPSA) is 38.3 Å². The molecule has 4 heteroatoms. The number of thiophene rings is 1. The molecule has 0 aromatic carbocycles. The van der Waals surface area contributed by atoms with Crippen LogP contribution >= 0.6 is 11.3 Å². The lowest BCUT2D eigenvalue weighted by molar-refractivity contribution is 0.0858. The average molecular weight is 239 g/mol. The van der Waals surface area contributed by atoms with E-state index in [9.17, 15) is 4.79 Å². The molecule has 0 aliphatic carbocycles. The highest BCUT2D eigenvalue weighted by Gasteiger charge is 2.16. The van der Waals surface area contributed by atoms with Crippen molar-refractivity contribution in [3.8, 4) is 0 Å². The maximum absolute atomic E-state index is 11.8. The molecule has 1 aliphatic heterocycles. The number of hydrogen-bond acceptors (Lipinski definition) is 3. The molecule has 3 nitrogen and oxygen atoms in total. The summed E-state index contributed by atoms with van der Waals surface area (Å²) in [6, 6.07) is 1.97. The highest BCUT2D eigenvalue weighted by atomic mass is 32.1. The highest BCUT2D eigenvalue weighted by Crippen LogP contribution is 2.15. The molecule has 1 N–H and O–H groups in total. The fraction of sp³-hybridized carbons (Fsp3) is 0.583. The summed E-state index contributed by atoms with van der Waals surface area (Å²) >= 11 is 1.64. The molecule has 2 heterocycles. The van der Waals surface area contributed by atoms with Crippen molar-refractivity contribution in [2.75, 3.05) is 13.2 Å². The molecule has 0 bridgehead atoms. The van der Waals surface area contributed by atoms with Gasteiger partial charge in [0.1, 0.15) is 0 Å². The van der Waals surface area contributed by atoms with Crippen LogP contribution in [0.15, 0.2) is 11.4 Å². The zero-order valence-corrected chi connectivity index (χ0v) is 10.3. The molecule has 1 atom stereocenters. The third kappa shape index (κ3) is 2.83. The number of carbonyl (C=O) groups is 1. The molecular weight excluding hydrogens is 222 g/mol. The van der Waals surface area contributed by atoms with E-state index in [4.69, 9.17) is 4.74 Å². The van der Waals surface area contributed by atoms with Gasteiger partial charge in [0.05, 0.1) is 11.7 Å². The summed E-state index contributed by atoms with van der Waals surface area (Å²) in [5, 5.41) is 4.84. The normalized spacial score (nSPS) is 19.9. The summed E-state index contributed by atoms with van der Waals surface area (Å²) in [7, 11) is 0. The molecular formula is C12H17NO2S. The van der Waals surface area contributed by atoms with E-state index in [1.165, 1.54) is 4.88 Å². The average Bonchev–Trinajstić information content (AvgIpc) is 2.96. The molecule has 0 unspecified atom stereocenters. The minimum absolute atomic E-state index is 0.0199. The Balaban J connectivity index is 1.82. The van der Waals surface area contributed by atoms with Gasteiger partial charge >= 0.3 is 0 Å². The minimum Gasteiger partial charge on any atom is -0.376 e. The first-order valence-corrected chi connectivity index (χ1v) is 6.64. The highest BCUT2D eigenvalue weighted by molar-refractivity contribution is 7.10. The fourth-order valence-electron chi connectivity index (χ4n) is 1.80. The van der Waals surface area contributed by atoms with Crippen molar-refractivity contribution >= 4 is 17.2 Å². The Morgan fingerprint density at radius 2 is 2.56 bits per heavy atom. The number of rotatable bonds is 4. The first-order valence-electron chi connectivity index (χ1n) is 5.77. The van der Waals surface area contributed by atoms with Gasteiger partial charge in [-0.1, -0.05) is 6.92 Å². The van der Waals surface area contributed by atoms with Crippen LogP contribution in [0.25, 0.3) is 0 Å². The second-order valence-corrected chi connectivity index (χ2v) is 5.00. The molecule has 1 aromatic rings. The molecule has 0 radical (unpaired) electrons. The number of amides is 1. The van der Waals surface area contributed by atoms with Crippen LogP contribution in [-0.2, 0) is 11.2 Å². The summed E-state index contributed by atoms with van der Waals surface area (Å²) < 4.78 is 5.45. The Bertz CT molecular complexity index is 356. The minimum atomic E-state index is 0.0199. The second-order valence-electron chi connectivity index (χ2n) is 4.00. The Morgan fingerprint density at radius 1 is 1.69 bits per heavy atom. The van der Waals surface area contributed by atoms with Crippen LogP contribution in [-0.4, -0.2) is 25.2 Å². The number of carbonyl (C=O) groups excluding carboxylic acids is 1. The Hall–Kier alpha value is -0.870. The molecule has 0 spiro atoms. The second kappa shape index (κ2) is 5.46. The molecule has 1 aliphatic rings. The van der Waals surface area contributed by atoms with Gasteiger partial charge in [-0.2, -0.15) is 0 Å². The fourth-order valence-corrected chi connectivity index (χ4v) is 2.61. The predicted octanol–water partition coefficient (Wildman–Crippen LogP) is 2.22. The van der Waals surface area contributed by atoms with Gasteiger partial charge in [-0.25, -0.2) is 0 Å². The quantitative estimate of drug-likeness (QED) is 0.875. The maximum atomic E-state index is 11.8. The van der Waals surface area contributed by atoms with Crippen LogP contribution in [0, 0.1) is 0 Å². The molecule has 88 valence electrons. The zero-order chi connectivity index (χ0) is 11.4. The largest absolute Gasteiger partial charge is 0.376 e. The zero-order valence-electron chi connectivity index (χ0n) is 9.49. The van der Waals surface area contributed by atoms with Crippen molar-refractivity contribution in [1.29, 1.82) is 0 Å². The van der Waals surface area contributed by atoms with Crippen LogP contribution in [0.3, 0.4) is 0 Å². The van der Waals surface area contributed by atoms with Gasteiger partial charge in [-0.3, -0.25) is 4.79 Å². The van der Waals surface area contributed by atoms with Crippen molar-refractivity contribution in [3.05, 3.63) is 21.9 Å². The molecule has 16 heavy (non-hydrogen) atoms. The van der Waals surface area contributed by atoms with E-state index in [0.717, 1.165) is 31.4 Å². The summed E-state index contributed by atoms with van der Waals surface area (Å²) in [5.41, 5.74) is 0.778. The van der Waals surface area contributed by atoms with Crippen LogP contribution < -0.4 is 5.32 Å². The van der Waals surface area contributed by atoms with E-state index in [-0.39, 0.29) is 12.0 Å². The number of nitrogens with one attached hydrogen (secondary N) is 1. The van der Waals surface area contributed by atoms with E-state index in [1.54, 1.807) is 11.3 Å². The third-order valence-corrected chi connectivity index (χ3v) is 3.86. The Labute approximate surface area is 99.8 Å². The Kier molecular flexibility index (Phi) is 3.96. The van der Waals surface area contributed by atoms with Gasteiger partial charge < -0.3 is 10.1 Å². The smallest absolute Gasteiger partial charge is 0.252 e. The van der Waals surface area contributed by atoms with Crippen LogP contribution in [0.4, 0.5) is 0 Å². The lowest BCUT2D eigenvalue weighted by Gasteiger charge is -2.09. The summed E-state index contributed by atoms with van der Waals surface area (Å²) in [5.74, 6) is 0.0199. The molecule has 1 saturated heterocycles. The van der Waals surface area contributed by atoms with Gasteiger partial charge in [0, 0.05) is 23.4 Å². The first-order chi connectivity index (χ1) is 7.79. The van der Waals surface area contributed by atoms with Crippen molar-refractivity contribution in [1.82, 2.24) is 5.32 Å². The van der Waals surface area contributed by atoms with E-state index in [0.29, 0.717) is 6.54 Å². The van der Waals surface area contributed by atoms with Crippen molar-refractivity contribution < 1.29 is 9.53 Å². The monoisotopic (exact) mass is 239 g/mol. The molecule has 0 saturated carbocycles. The molecule has 1 aromatic heterocycles. The SMILES string of the molecule is CCc1cc(C(=O)NC[C@@H]2CCCO2)cs1. The standard InChI is InChI=1S/C12H17NO2S/c1-2-11-6-9(8-16-11)12(14)13-7-10-4-3-5-15-10/h6,8,10H,2-5,7H2,1H3,(H,13,14)/t10-/m0/s1. The van der Waals surface area contributed by atoms with Crippen LogP contribution in [0.5, 0.6) is 0 Å². The summed E-state index contributed by atoms with van der Waals surface area (Å²) in [4.78, 5) is 13.0. The van der Waals surface area contributed by atoms with Crippen LogP contribution in [0.1, 0.15) is 35.0 Å². The summed E-state index contributed by atoms with van der Waals surface area (Å²) in [6.07, 6.45) is 3.38. The number of ether oxygens (including phenoxy) is 1. The van der Waals surface area contributed by atoms with Gasteiger partial charge in [-0.05, 0) is 25.3 Å². The number of hydrogen-bond donors (Lipinski definition) is 1. The first kappa shape index (κ1) is 11.6. The van der Waals surface area contributed by atoms with Gasteiger partial charge in [0.2, 0.25) is 0 Å². The van der Waals surface area contributed by atoms with Crippen molar-refractivity contribution in [2.45, 2.75) is 32.3 Å². The van der Waals surface area contributed by atoms with Gasteiger partial charge in [-0.15, -0.1) is 11.3 Å². The van der Waals surface area contributed by atoms with E-state index in [2.05, 4.69) is 12.2 Å². The van der Waals surface area contributed by atoms with E-state index < -0.39 is 0 Å². The Morgan fingerprint density at radius 3 is 3.19 bits per heavy atom. The summed E-state index contributed by atoms with van der Waals surface area (Å²) in [6.45, 7) is 3.56.